The average Bonchev–Trinajstić information content (AvgIpc) is 2.99. The lowest BCUT2D eigenvalue weighted by atomic mass is 9.96. The van der Waals surface area contributed by atoms with Gasteiger partial charge in [-0.05, 0) is 56.7 Å². The van der Waals surface area contributed by atoms with Gasteiger partial charge in [-0.15, -0.1) is 0 Å². The summed E-state index contributed by atoms with van der Waals surface area (Å²) in [5.41, 5.74) is 10.7. The minimum absolute atomic E-state index is 0.477. The Bertz CT molecular complexity index is 813. The number of nitrogen functional groups attached to an aromatic ring is 1. The summed E-state index contributed by atoms with van der Waals surface area (Å²) in [4.78, 5) is 15.2. The highest BCUT2D eigenvalue weighted by Gasteiger charge is 2.21. The van der Waals surface area contributed by atoms with Crippen molar-refractivity contribution >= 4 is 16.7 Å². The third-order valence-electron chi connectivity index (χ3n) is 4.69. The van der Waals surface area contributed by atoms with Crippen molar-refractivity contribution < 1.29 is 0 Å². The second-order valence-electron chi connectivity index (χ2n) is 6.41. The van der Waals surface area contributed by atoms with Gasteiger partial charge in [0.15, 0.2) is 0 Å². The zero-order valence-corrected chi connectivity index (χ0v) is 13.3. The van der Waals surface area contributed by atoms with Crippen molar-refractivity contribution in [3.63, 3.8) is 0 Å². The zero-order chi connectivity index (χ0) is 15.8. The number of likely N-dealkylation sites (tertiary alicyclic amines) is 1. The second kappa shape index (κ2) is 5.66. The summed E-state index contributed by atoms with van der Waals surface area (Å²) >= 11 is 0. The van der Waals surface area contributed by atoms with E-state index in [0.717, 1.165) is 59.7 Å². The number of aromatic amines is 1. The maximum atomic E-state index is 5.76. The third kappa shape index (κ3) is 2.80. The molecule has 0 unspecified atom stereocenters. The number of nitrogens with zero attached hydrogens (tertiary/aromatic N) is 3. The normalized spacial score (nSPS) is 16.9. The van der Waals surface area contributed by atoms with Crippen LogP contribution in [-0.2, 0) is 0 Å². The molecule has 1 saturated heterocycles. The summed E-state index contributed by atoms with van der Waals surface area (Å²) in [5, 5.41) is 0. The topological polar surface area (TPSA) is 70.8 Å². The van der Waals surface area contributed by atoms with Gasteiger partial charge >= 0.3 is 0 Å². The second-order valence-corrected chi connectivity index (χ2v) is 6.41. The van der Waals surface area contributed by atoms with E-state index in [4.69, 9.17) is 10.7 Å². The Morgan fingerprint density at radius 1 is 1.17 bits per heavy atom. The van der Waals surface area contributed by atoms with E-state index >= 15 is 0 Å². The molecule has 4 rings (SSSR count). The molecule has 1 aliphatic heterocycles. The number of aromatic nitrogens is 3. The van der Waals surface area contributed by atoms with Crippen molar-refractivity contribution in [3.05, 3.63) is 42.4 Å². The minimum Gasteiger partial charge on any atom is -0.399 e. The lowest BCUT2D eigenvalue weighted by Gasteiger charge is -2.27. The molecule has 5 nitrogen and oxygen atoms in total. The Hall–Kier alpha value is -2.40. The summed E-state index contributed by atoms with van der Waals surface area (Å²) in [5.74, 6) is 1.46. The van der Waals surface area contributed by atoms with Crippen LogP contribution in [0.2, 0.25) is 0 Å². The van der Waals surface area contributed by atoms with E-state index in [0.29, 0.717) is 5.92 Å². The molecule has 1 aromatic carbocycles. The summed E-state index contributed by atoms with van der Waals surface area (Å²) in [6.07, 6.45) is 4.19. The predicted octanol–water partition coefficient (Wildman–Crippen LogP) is 3.02. The molecule has 0 saturated carbocycles. The van der Waals surface area contributed by atoms with E-state index in [9.17, 15) is 0 Å². The number of hydrogen-bond donors (Lipinski definition) is 2. The van der Waals surface area contributed by atoms with Crippen LogP contribution in [0, 0.1) is 0 Å². The molecule has 23 heavy (non-hydrogen) atoms. The molecule has 3 N–H and O–H groups in total. The predicted molar refractivity (Wildman–Crippen MR) is 93.2 cm³/mol. The van der Waals surface area contributed by atoms with E-state index in [1.165, 1.54) is 0 Å². The van der Waals surface area contributed by atoms with E-state index in [1.807, 2.05) is 30.5 Å². The molecule has 0 aliphatic carbocycles. The number of rotatable bonds is 2. The van der Waals surface area contributed by atoms with Crippen LogP contribution in [0.5, 0.6) is 0 Å². The van der Waals surface area contributed by atoms with Crippen molar-refractivity contribution in [2.45, 2.75) is 18.8 Å². The highest BCUT2D eigenvalue weighted by Crippen LogP contribution is 2.28. The van der Waals surface area contributed by atoms with Crippen LogP contribution in [0.25, 0.3) is 22.3 Å². The number of H-pyrrole nitrogens is 1. The molecular formula is C18H21N5. The summed E-state index contributed by atoms with van der Waals surface area (Å²) in [6.45, 7) is 2.24. The molecule has 1 fully saturated rings. The third-order valence-corrected chi connectivity index (χ3v) is 4.69. The highest BCUT2D eigenvalue weighted by molar-refractivity contribution is 5.82. The van der Waals surface area contributed by atoms with Crippen LogP contribution in [0.3, 0.4) is 0 Å². The monoisotopic (exact) mass is 307 g/mol. The van der Waals surface area contributed by atoms with Gasteiger partial charge in [-0.25, -0.2) is 9.97 Å². The number of nitrogens with one attached hydrogen (secondary N) is 1. The van der Waals surface area contributed by atoms with E-state index in [2.05, 4.69) is 28.0 Å². The van der Waals surface area contributed by atoms with Gasteiger partial charge in [0, 0.05) is 17.3 Å². The van der Waals surface area contributed by atoms with E-state index in [-0.39, 0.29) is 0 Å². The van der Waals surface area contributed by atoms with Crippen LogP contribution in [0.1, 0.15) is 24.6 Å². The maximum Gasteiger partial charge on any atom is 0.132 e. The quantitative estimate of drug-likeness (QED) is 0.714. The lowest BCUT2D eigenvalue weighted by molar-refractivity contribution is 0.251. The van der Waals surface area contributed by atoms with Crippen LogP contribution < -0.4 is 5.73 Å². The van der Waals surface area contributed by atoms with E-state index in [1.54, 1.807) is 0 Å². The van der Waals surface area contributed by atoms with Crippen molar-refractivity contribution in [1.29, 1.82) is 0 Å². The molecule has 2 aromatic heterocycles. The Kier molecular flexibility index (Phi) is 3.50. The number of piperidine rings is 1. The van der Waals surface area contributed by atoms with Crippen LogP contribution in [0.4, 0.5) is 5.69 Å². The fourth-order valence-electron chi connectivity index (χ4n) is 3.22. The van der Waals surface area contributed by atoms with Crippen molar-refractivity contribution in [1.82, 2.24) is 19.9 Å². The molecule has 1 aliphatic rings. The van der Waals surface area contributed by atoms with Gasteiger partial charge in [-0.1, -0.05) is 12.1 Å². The Morgan fingerprint density at radius 3 is 2.65 bits per heavy atom. The summed E-state index contributed by atoms with van der Waals surface area (Å²) in [6, 6.07) is 9.96. The zero-order valence-electron chi connectivity index (χ0n) is 13.3. The van der Waals surface area contributed by atoms with Gasteiger partial charge < -0.3 is 15.6 Å². The SMILES string of the molecule is CN1CCC(c2ncc3[nH]c(-c4ccc(N)cc4)cc3n2)CC1. The molecule has 0 radical (unpaired) electrons. The molecule has 0 bridgehead atoms. The first-order chi connectivity index (χ1) is 11.2. The van der Waals surface area contributed by atoms with Gasteiger partial charge in [0.2, 0.25) is 0 Å². The van der Waals surface area contributed by atoms with Gasteiger partial charge in [-0.3, -0.25) is 0 Å². The first kappa shape index (κ1) is 14.2. The van der Waals surface area contributed by atoms with Crippen molar-refractivity contribution in [2.75, 3.05) is 25.9 Å². The van der Waals surface area contributed by atoms with Crippen LogP contribution in [0.15, 0.2) is 36.5 Å². The first-order valence-electron chi connectivity index (χ1n) is 8.09. The standard InChI is InChI=1S/C18H21N5/c1-23-8-6-13(7-9-23)18-20-11-17-16(22-18)10-15(21-17)12-2-4-14(19)5-3-12/h2-5,10-11,13,21H,6-9,19H2,1H3. The van der Waals surface area contributed by atoms with Crippen LogP contribution >= 0.6 is 0 Å². The average molecular weight is 307 g/mol. The number of hydrogen-bond acceptors (Lipinski definition) is 4. The number of benzene rings is 1. The van der Waals surface area contributed by atoms with Gasteiger partial charge in [0.05, 0.1) is 17.2 Å². The number of nitrogens with two attached hydrogens (primary N) is 1. The molecule has 118 valence electrons. The smallest absolute Gasteiger partial charge is 0.132 e. The first-order valence-corrected chi connectivity index (χ1v) is 8.09. The largest absolute Gasteiger partial charge is 0.399 e. The molecule has 0 spiro atoms. The number of fused-ring (bicyclic) bond motifs is 1. The molecule has 3 heterocycles. The fraction of sp³-hybridized carbons (Fsp3) is 0.333. The Morgan fingerprint density at radius 2 is 1.91 bits per heavy atom. The van der Waals surface area contributed by atoms with Crippen molar-refractivity contribution in [3.8, 4) is 11.3 Å². The minimum atomic E-state index is 0.477. The van der Waals surface area contributed by atoms with Gasteiger partial charge in [0.25, 0.3) is 0 Å². The molecule has 3 aromatic rings. The van der Waals surface area contributed by atoms with Gasteiger partial charge in [0.1, 0.15) is 5.82 Å². The maximum absolute atomic E-state index is 5.76. The lowest BCUT2D eigenvalue weighted by Crippen LogP contribution is -2.29. The molecule has 5 heteroatoms. The summed E-state index contributed by atoms with van der Waals surface area (Å²) < 4.78 is 0. The highest BCUT2D eigenvalue weighted by atomic mass is 15.1. The van der Waals surface area contributed by atoms with Crippen LogP contribution in [-0.4, -0.2) is 40.0 Å². The Balaban J connectivity index is 1.65. The molecule has 0 amide bonds. The molecular weight excluding hydrogens is 286 g/mol. The van der Waals surface area contributed by atoms with Crippen molar-refractivity contribution in [2.24, 2.45) is 0 Å². The number of anilines is 1. The fourth-order valence-corrected chi connectivity index (χ4v) is 3.22. The van der Waals surface area contributed by atoms with Gasteiger partial charge in [-0.2, -0.15) is 0 Å². The summed E-state index contributed by atoms with van der Waals surface area (Å²) in [7, 11) is 2.17. The molecule has 0 atom stereocenters. The van der Waals surface area contributed by atoms with E-state index < -0.39 is 0 Å². The Labute approximate surface area is 135 Å².